The Morgan fingerprint density at radius 2 is 0.975 bits per heavy atom. The van der Waals surface area contributed by atoms with Crippen molar-refractivity contribution in [3.63, 3.8) is 0 Å². The Hall–Kier alpha value is -4.18. The summed E-state index contributed by atoms with van der Waals surface area (Å²) in [6.45, 7) is 8.31. The Kier molecular flexibility index (Phi) is 8.75. The standard InChI is InChI=1S/C36H36O4/c1-3-5-7-9-15-39-35(37)27-13-11-25-17-31-24-34-22-30-20-28(36(38)40-16-10-8-6-4-2)14-12-26(30)18-32(34)23-33(31)21-29(25)19-27/h3-4,11-14,17-22H,1-2,5-10,15-16,23-24H2. The number of ether oxygens (including phenoxy) is 2. The second-order valence-electron chi connectivity index (χ2n) is 10.6. The lowest BCUT2D eigenvalue weighted by Gasteiger charge is -2.21. The summed E-state index contributed by atoms with van der Waals surface area (Å²) in [7, 11) is 0. The number of fused-ring (bicyclic) bond motifs is 4. The van der Waals surface area contributed by atoms with E-state index in [-0.39, 0.29) is 11.9 Å². The fourth-order valence-corrected chi connectivity index (χ4v) is 5.38. The normalized spacial score (nSPS) is 12.0. The maximum atomic E-state index is 12.6. The van der Waals surface area contributed by atoms with Gasteiger partial charge >= 0.3 is 11.9 Å². The molecule has 4 heteroatoms. The minimum atomic E-state index is -0.272. The molecule has 0 bridgehead atoms. The van der Waals surface area contributed by atoms with Crippen molar-refractivity contribution in [2.75, 3.05) is 13.2 Å². The molecule has 0 radical (unpaired) electrons. The van der Waals surface area contributed by atoms with Crippen molar-refractivity contribution < 1.29 is 19.1 Å². The molecule has 0 unspecified atom stereocenters. The number of carbonyl (C=O) groups excluding carboxylic acids is 2. The van der Waals surface area contributed by atoms with Crippen molar-refractivity contribution in [2.45, 2.75) is 51.4 Å². The number of hydrogen-bond acceptors (Lipinski definition) is 4. The van der Waals surface area contributed by atoms with Crippen LogP contribution in [0.1, 0.15) is 81.5 Å². The van der Waals surface area contributed by atoms with Crippen LogP contribution in [-0.2, 0) is 22.3 Å². The molecule has 0 saturated carbocycles. The van der Waals surface area contributed by atoms with Gasteiger partial charge in [0, 0.05) is 0 Å². The third-order valence-corrected chi connectivity index (χ3v) is 7.62. The molecule has 0 saturated heterocycles. The zero-order valence-corrected chi connectivity index (χ0v) is 23.0. The fraction of sp³-hybridized carbons (Fsp3) is 0.278. The minimum absolute atomic E-state index is 0.272. The van der Waals surface area contributed by atoms with Crippen LogP contribution in [0.5, 0.6) is 0 Å². The van der Waals surface area contributed by atoms with Gasteiger partial charge in [0.05, 0.1) is 24.3 Å². The summed E-state index contributed by atoms with van der Waals surface area (Å²) in [4.78, 5) is 25.2. The number of unbranched alkanes of at least 4 members (excludes halogenated alkanes) is 4. The molecule has 0 aromatic heterocycles. The number of rotatable bonds is 12. The summed E-state index contributed by atoms with van der Waals surface area (Å²) in [6.07, 6.45) is 10.9. The number of hydrogen-bond donors (Lipinski definition) is 0. The van der Waals surface area contributed by atoms with Gasteiger partial charge in [0.15, 0.2) is 0 Å². The van der Waals surface area contributed by atoms with Crippen molar-refractivity contribution in [1.82, 2.24) is 0 Å². The highest BCUT2D eigenvalue weighted by atomic mass is 16.5. The Bertz CT molecular complexity index is 1460. The Labute approximate surface area is 236 Å². The van der Waals surface area contributed by atoms with Gasteiger partial charge in [-0.1, -0.05) is 48.6 Å². The van der Waals surface area contributed by atoms with Crippen LogP contribution in [0.2, 0.25) is 0 Å². The Morgan fingerprint density at radius 3 is 1.38 bits per heavy atom. The summed E-state index contributed by atoms with van der Waals surface area (Å²) < 4.78 is 10.9. The van der Waals surface area contributed by atoms with Crippen LogP contribution >= 0.6 is 0 Å². The number of allylic oxidation sites excluding steroid dienone is 2. The van der Waals surface area contributed by atoms with E-state index in [2.05, 4.69) is 37.4 Å². The zero-order valence-electron chi connectivity index (χ0n) is 23.0. The smallest absolute Gasteiger partial charge is 0.338 e. The van der Waals surface area contributed by atoms with Gasteiger partial charge in [-0.15, -0.1) is 13.2 Å². The molecule has 0 heterocycles. The minimum Gasteiger partial charge on any atom is -0.462 e. The highest BCUT2D eigenvalue weighted by molar-refractivity contribution is 5.97. The molecular weight excluding hydrogens is 496 g/mol. The molecule has 1 aliphatic rings. The maximum Gasteiger partial charge on any atom is 0.338 e. The average Bonchev–Trinajstić information content (AvgIpc) is 2.97. The van der Waals surface area contributed by atoms with Crippen molar-refractivity contribution in [1.29, 1.82) is 0 Å². The monoisotopic (exact) mass is 532 g/mol. The highest BCUT2D eigenvalue weighted by Gasteiger charge is 2.18. The molecule has 0 fully saturated rings. The van der Waals surface area contributed by atoms with Crippen molar-refractivity contribution >= 4 is 33.5 Å². The van der Waals surface area contributed by atoms with Gasteiger partial charge in [-0.05, 0) is 119 Å². The van der Waals surface area contributed by atoms with Gasteiger partial charge in [-0.25, -0.2) is 9.59 Å². The van der Waals surface area contributed by atoms with E-state index in [4.69, 9.17) is 9.47 Å². The van der Waals surface area contributed by atoms with E-state index < -0.39 is 0 Å². The molecule has 204 valence electrons. The first kappa shape index (κ1) is 27.4. The van der Waals surface area contributed by atoms with Crippen LogP contribution < -0.4 is 0 Å². The first-order chi connectivity index (χ1) is 19.6. The van der Waals surface area contributed by atoms with Crippen LogP contribution in [0.25, 0.3) is 21.5 Å². The van der Waals surface area contributed by atoms with Crippen molar-refractivity contribution in [2.24, 2.45) is 0 Å². The van der Waals surface area contributed by atoms with Gasteiger partial charge in [0.2, 0.25) is 0 Å². The SMILES string of the molecule is C=CCCCCOC(=O)c1ccc2cc3c(cc2c1)Cc1cc2ccc(C(=O)OCCCCC=C)cc2cc1C3. The second-order valence-corrected chi connectivity index (χ2v) is 10.6. The van der Waals surface area contributed by atoms with Gasteiger partial charge in [0.1, 0.15) is 0 Å². The lowest BCUT2D eigenvalue weighted by molar-refractivity contribution is 0.0489. The predicted molar refractivity (Wildman–Crippen MR) is 162 cm³/mol. The molecule has 0 amide bonds. The Morgan fingerprint density at radius 1 is 0.575 bits per heavy atom. The summed E-state index contributed by atoms with van der Waals surface area (Å²) in [5.74, 6) is -0.544. The topological polar surface area (TPSA) is 52.6 Å². The van der Waals surface area contributed by atoms with E-state index in [1.165, 1.54) is 22.3 Å². The molecule has 0 atom stereocenters. The lowest BCUT2D eigenvalue weighted by atomic mass is 9.83. The van der Waals surface area contributed by atoms with E-state index in [9.17, 15) is 9.59 Å². The number of benzene rings is 4. The van der Waals surface area contributed by atoms with Gasteiger partial charge < -0.3 is 9.47 Å². The summed E-state index contributed by atoms with van der Waals surface area (Å²) in [5.41, 5.74) is 6.34. The molecule has 1 aliphatic carbocycles. The lowest BCUT2D eigenvalue weighted by Crippen LogP contribution is -2.09. The molecule has 4 nitrogen and oxygen atoms in total. The highest BCUT2D eigenvalue weighted by Crippen LogP contribution is 2.33. The molecule has 0 N–H and O–H groups in total. The van der Waals surface area contributed by atoms with E-state index >= 15 is 0 Å². The van der Waals surface area contributed by atoms with E-state index in [0.29, 0.717) is 24.3 Å². The second kappa shape index (κ2) is 12.8. The van der Waals surface area contributed by atoms with Crippen LogP contribution in [0.15, 0.2) is 86.0 Å². The van der Waals surface area contributed by atoms with Crippen LogP contribution in [0, 0.1) is 0 Å². The van der Waals surface area contributed by atoms with Crippen molar-refractivity contribution in [3.8, 4) is 0 Å². The summed E-state index contributed by atoms with van der Waals surface area (Å²) in [5, 5.41) is 4.33. The summed E-state index contributed by atoms with van der Waals surface area (Å²) >= 11 is 0. The molecule has 4 aromatic rings. The number of carbonyl (C=O) groups is 2. The van der Waals surface area contributed by atoms with Gasteiger partial charge in [0.25, 0.3) is 0 Å². The quantitative estimate of drug-likeness (QED) is 0.0918. The van der Waals surface area contributed by atoms with Crippen LogP contribution in [0.4, 0.5) is 0 Å². The fourth-order valence-electron chi connectivity index (χ4n) is 5.38. The van der Waals surface area contributed by atoms with E-state index in [0.717, 1.165) is 72.9 Å². The molecular formula is C36H36O4. The molecule has 40 heavy (non-hydrogen) atoms. The maximum absolute atomic E-state index is 12.6. The molecule has 0 spiro atoms. The van der Waals surface area contributed by atoms with E-state index in [1.807, 2.05) is 48.6 Å². The first-order valence-electron chi connectivity index (χ1n) is 14.2. The first-order valence-corrected chi connectivity index (χ1v) is 14.2. The van der Waals surface area contributed by atoms with Crippen molar-refractivity contribution in [3.05, 3.63) is 119 Å². The Balaban J connectivity index is 1.31. The third-order valence-electron chi connectivity index (χ3n) is 7.62. The summed E-state index contributed by atoms with van der Waals surface area (Å²) in [6, 6.07) is 20.5. The largest absolute Gasteiger partial charge is 0.462 e. The average molecular weight is 533 g/mol. The van der Waals surface area contributed by atoms with Crippen LogP contribution in [0.3, 0.4) is 0 Å². The van der Waals surface area contributed by atoms with E-state index in [1.54, 1.807) is 0 Å². The third kappa shape index (κ3) is 6.34. The van der Waals surface area contributed by atoms with Crippen LogP contribution in [-0.4, -0.2) is 25.2 Å². The zero-order chi connectivity index (χ0) is 27.9. The molecule has 5 rings (SSSR count). The predicted octanol–water partition coefficient (Wildman–Crippen LogP) is 8.51. The van der Waals surface area contributed by atoms with Gasteiger partial charge in [-0.3, -0.25) is 0 Å². The number of esters is 2. The molecule has 4 aromatic carbocycles. The van der Waals surface area contributed by atoms with Gasteiger partial charge in [-0.2, -0.15) is 0 Å². The molecule has 0 aliphatic heterocycles.